The summed E-state index contributed by atoms with van der Waals surface area (Å²) in [7, 11) is 0. The summed E-state index contributed by atoms with van der Waals surface area (Å²) in [4.78, 5) is 6.90. The average Bonchev–Trinajstić information content (AvgIpc) is 2.92. The first-order chi connectivity index (χ1) is 7.90. The lowest BCUT2D eigenvalue weighted by Gasteiger charge is -2.15. The molecule has 1 aromatic rings. The molecule has 1 aromatic heterocycles. The lowest BCUT2D eigenvalue weighted by molar-refractivity contribution is 0.137. The molecular weight excluding hydrogens is 202 g/mol. The third-order valence-corrected chi connectivity index (χ3v) is 3.05. The van der Waals surface area contributed by atoms with Crippen LogP contribution < -0.4 is 0 Å². The van der Waals surface area contributed by atoms with Crippen LogP contribution in [0.25, 0.3) is 0 Å². The molecule has 4 heteroatoms. The highest BCUT2D eigenvalue weighted by atomic mass is 16.5. The van der Waals surface area contributed by atoms with E-state index in [0.29, 0.717) is 0 Å². The highest BCUT2D eigenvalue weighted by Gasteiger charge is 2.14. The van der Waals surface area contributed by atoms with Gasteiger partial charge in [0.1, 0.15) is 5.82 Å². The molecule has 0 bridgehead atoms. The van der Waals surface area contributed by atoms with Crippen LogP contribution in [-0.2, 0) is 17.8 Å². The fraction of sp³-hybridized carbons (Fsp3) is 0.750. The van der Waals surface area contributed by atoms with E-state index < -0.39 is 0 Å². The Morgan fingerprint density at radius 3 is 2.94 bits per heavy atom. The van der Waals surface area contributed by atoms with Gasteiger partial charge in [-0.05, 0) is 32.9 Å². The number of rotatable bonds is 6. The maximum atomic E-state index is 5.37. The number of imidazole rings is 1. The van der Waals surface area contributed by atoms with Gasteiger partial charge in [-0.2, -0.15) is 0 Å². The molecule has 1 aliphatic rings. The molecule has 1 saturated heterocycles. The van der Waals surface area contributed by atoms with Gasteiger partial charge in [0, 0.05) is 25.5 Å². The van der Waals surface area contributed by atoms with Crippen molar-refractivity contribution in [3.05, 3.63) is 18.2 Å². The number of nitrogens with zero attached hydrogens (tertiary/aromatic N) is 3. The highest BCUT2D eigenvalue weighted by Crippen LogP contribution is 2.11. The summed E-state index contributed by atoms with van der Waals surface area (Å²) in [6.07, 6.45) is 6.60. The van der Waals surface area contributed by atoms with E-state index in [9.17, 15) is 0 Å². The molecular formula is C12H21N3O. The Balaban J connectivity index is 1.85. The minimum Gasteiger partial charge on any atom is -0.380 e. The lowest BCUT2D eigenvalue weighted by atomic mass is 10.4. The molecule has 0 amide bonds. The summed E-state index contributed by atoms with van der Waals surface area (Å²) in [5.74, 6) is 1.17. The van der Waals surface area contributed by atoms with E-state index in [4.69, 9.17) is 4.74 Å². The Kier molecular flexibility index (Phi) is 4.36. The van der Waals surface area contributed by atoms with Gasteiger partial charge >= 0.3 is 0 Å². The summed E-state index contributed by atoms with van der Waals surface area (Å²) < 4.78 is 7.57. The van der Waals surface area contributed by atoms with E-state index in [1.807, 2.05) is 19.3 Å². The molecule has 2 heterocycles. The zero-order valence-corrected chi connectivity index (χ0v) is 10.1. The van der Waals surface area contributed by atoms with Crippen LogP contribution in [0, 0.1) is 0 Å². The topological polar surface area (TPSA) is 30.3 Å². The van der Waals surface area contributed by atoms with Gasteiger partial charge < -0.3 is 9.30 Å². The van der Waals surface area contributed by atoms with E-state index >= 15 is 0 Å². The fourth-order valence-electron chi connectivity index (χ4n) is 2.14. The molecule has 0 aliphatic carbocycles. The van der Waals surface area contributed by atoms with Crippen molar-refractivity contribution in [1.29, 1.82) is 0 Å². The fourth-order valence-corrected chi connectivity index (χ4v) is 2.14. The third-order valence-electron chi connectivity index (χ3n) is 3.05. The van der Waals surface area contributed by atoms with Gasteiger partial charge in [-0.15, -0.1) is 0 Å². The summed E-state index contributed by atoms with van der Waals surface area (Å²) in [5, 5.41) is 0. The smallest absolute Gasteiger partial charge is 0.122 e. The molecule has 1 aliphatic heterocycles. The Hall–Kier alpha value is -0.870. The monoisotopic (exact) mass is 223 g/mol. The first-order valence-electron chi connectivity index (χ1n) is 6.20. The van der Waals surface area contributed by atoms with Crippen molar-refractivity contribution >= 4 is 0 Å². The van der Waals surface area contributed by atoms with Crippen LogP contribution in [0.15, 0.2) is 12.4 Å². The maximum absolute atomic E-state index is 5.37. The maximum Gasteiger partial charge on any atom is 0.122 e. The first-order valence-corrected chi connectivity index (χ1v) is 6.20. The quantitative estimate of drug-likeness (QED) is 0.685. The molecule has 0 spiro atoms. The van der Waals surface area contributed by atoms with Crippen molar-refractivity contribution in [1.82, 2.24) is 14.5 Å². The van der Waals surface area contributed by atoms with Crippen molar-refractivity contribution in [2.24, 2.45) is 0 Å². The van der Waals surface area contributed by atoms with Gasteiger partial charge in [-0.25, -0.2) is 4.98 Å². The standard InChI is InChI=1S/C12H21N3O/c1-2-16-10-9-15-8-5-13-12(15)11-14-6-3-4-7-14/h5,8H,2-4,6-7,9-11H2,1H3. The van der Waals surface area contributed by atoms with Crippen LogP contribution in [0.4, 0.5) is 0 Å². The molecule has 0 unspecified atom stereocenters. The third kappa shape index (κ3) is 3.06. The molecule has 90 valence electrons. The second-order valence-corrected chi connectivity index (χ2v) is 4.22. The van der Waals surface area contributed by atoms with Crippen molar-refractivity contribution < 1.29 is 4.74 Å². The Morgan fingerprint density at radius 1 is 1.38 bits per heavy atom. The lowest BCUT2D eigenvalue weighted by Crippen LogP contribution is -2.21. The summed E-state index contributed by atoms with van der Waals surface area (Å²) in [6.45, 7) is 7.93. The van der Waals surface area contributed by atoms with Crippen molar-refractivity contribution in [2.45, 2.75) is 32.9 Å². The molecule has 16 heavy (non-hydrogen) atoms. The van der Waals surface area contributed by atoms with Crippen LogP contribution in [0.2, 0.25) is 0 Å². The van der Waals surface area contributed by atoms with Crippen LogP contribution >= 0.6 is 0 Å². The van der Waals surface area contributed by atoms with Gasteiger partial charge in [-0.1, -0.05) is 0 Å². The van der Waals surface area contributed by atoms with E-state index in [1.165, 1.54) is 31.8 Å². The Morgan fingerprint density at radius 2 is 2.19 bits per heavy atom. The van der Waals surface area contributed by atoms with E-state index in [2.05, 4.69) is 14.5 Å². The van der Waals surface area contributed by atoms with Crippen molar-refractivity contribution in [2.75, 3.05) is 26.3 Å². The van der Waals surface area contributed by atoms with E-state index in [-0.39, 0.29) is 0 Å². The number of aromatic nitrogens is 2. The molecule has 0 N–H and O–H groups in total. The van der Waals surface area contributed by atoms with E-state index in [1.54, 1.807) is 0 Å². The van der Waals surface area contributed by atoms with Crippen molar-refractivity contribution in [3.8, 4) is 0 Å². The second kappa shape index (κ2) is 6.01. The average molecular weight is 223 g/mol. The van der Waals surface area contributed by atoms with Crippen LogP contribution in [-0.4, -0.2) is 40.8 Å². The molecule has 0 radical (unpaired) electrons. The summed E-state index contributed by atoms with van der Waals surface area (Å²) in [6, 6.07) is 0. The van der Waals surface area contributed by atoms with Crippen LogP contribution in [0.5, 0.6) is 0 Å². The predicted octanol–water partition coefficient (Wildman–Crippen LogP) is 1.52. The normalized spacial score (nSPS) is 17.1. The summed E-state index contributed by atoms with van der Waals surface area (Å²) >= 11 is 0. The minimum atomic E-state index is 0.778. The molecule has 0 saturated carbocycles. The zero-order chi connectivity index (χ0) is 11.2. The number of hydrogen-bond acceptors (Lipinski definition) is 3. The Bertz CT molecular complexity index is 305. The van der Waals surface area contributed by atoms with Gasteiger partial charge in [0.05, 0.1) is 13.2 Å². The summed E-state index contributed by atoms with van der Waals surface area (Å²) in [5.41, 5.74) is 0. The van der Waals surface area contributed by atoms with Gasteiger partial charge in [0.15, 0.2) is 0 Å². The second-order valence-electron chi connectivity index (χ2n) is 4.22. The molecule has 1 fully saturated rings. The van der Waals surface area contributed by atoms with Gasteiger partial charge in [0.2, 0.25) is 0 Å². The number of hydrogen-bond donors (Lipinski definition) is 0. The Labute approximate surface area is 97.2 Å². The number of ether oxygens (including phenoxy) is 1. The van der Waals surface area contributed by atoms with Gasteiger partial charge in [-0.3, -0.25) is 4.90 Å². The van der Waals surface area contributed by atoms with Crippen LogP contribution in [0.3, 0.4) is 0 Å². The predicted molar refractivity (Wildman–Crippen MR) is 63.2 cm³/mol. The highest BCUT2D eigenvalue weighted by molar-refractivity contribution is 4.93. The minimum absolute atomic E-state index is 0.778. The molecule has 0 atom stereocenters. The largest absolute Gasteiger partial charge is 0.380 e. The van der Waals surface area contributed by atoms with Crippen LogP contribution in [0.1, 0.15) is 25.6 Å². The molecule has 2 rings (SSSR count). The van der Waals surface area contributed by atoms with Crippen molar-refractivity contribution in [3.63, 3.8) is 0 Å². The van der Waals surface area contributed by atoms with Gasteiger partial charge in [0.25, 0.3) is 0 Å². The SMILES string of the molecule is CCOCCn1ccnc1CN1CCCC1. The molecule has 4 nitrogen and oxygen atoms in total. The zero-order valence-electron chi connectivity index (χ0n) is 10.1. The number of likely N-dealkylation sites (tertiary alicyclic amines) is 1. The van der Waals surface area contributed by atoms with E-state index in [0.717, 1.165) is 26.3 Å². The first kappa shape index (κ1) is 11.6. The molecule has 0 aromatic carbocycles.